The summed E-state index contributed by atoms with van der Waals surface area (Å²) in [6.07, 6.45) is 4.01. The summed E-state index contributed by atoms with van der Waals surface area (Å²) in [5.41, 5.74) is -0.203. The minimum absolute atomic E-state index is 0.0603. The Morgan fingerprint density at radius 1 is 1.60 bits per heavy atom. The first-order valence-electron chi connectivity index (χ1n) is 4.42. The summed E-state index contributed by atoms with van der Waals surface area (Å²) in [6.45, 7) is 0. The SMILES string of the molecule is O=C1NC(c2ccn[c]n2)C12CSC2=O. The van der Waals surface area contributed by atoms with Crippen molar-refractivity contribution in [3.8, 4) is 0 Å². The molecule has 6 heteroatoms. The molecule has 15 heavy (non-hydrogen) atoms. The van der Waals surface area contributed by atoms with E-state index in [-0.39, 0.29) is 17.1 Å². The Bertz CT molecular complexity index is 440. The monoisotopic (exact) mass is 220 g/mol. The maximum absolute atomic E-state index is 11.5. The Morgan fingerprint density at radius 3 is 2.93 bits per heavy atom. The van der Waals surface area contributed by atoms with Crippen LogP contribution in [-0.2, 0) is 9.59 Å². The maximum atomic E-state index is 11.5. The lowest BCUT2D eigenvalue weighted by atomic mass is 9.72. The Morgan fingerprint density at radius 2 is 2.47 bits per heavy atom. The molecule has 1 radical (unpaired) electrons. The highest BCUT2D eigenvalue weighted by atomic mass is 32.2. The molecule has 0 aromatic carbocycles. The van der Waals surface area contributed by atoms with Crippen molar-refractivity contribution in [2.45, 2.75) is 6.04 Å². The van der Waals surface area contributed by atoms with Gasteiger partial charge in [-0.15, -0.1) is 0 Å². The summed E-state index contributed by atoms with van der Waals surface area (Å²) < 4.78 is 0. The normalized spacial score (nSPS) is 33.2. The number of aromatic nitrogens is 2. The van der Waals surface area contributed by atoms with Crippen LogP contribution in [0.3, 0.4) is 0 Å². The fraction of sp³-hybridized carbons (Fsp3) is 0.333. The van der Waals surface area contributed by atoms with E-state index >= 15 is 0 Å². The number of amides is 1. The van der Waals surface area contributed by atoms with Crippen LogP contribution in [0.2, 0.25) is 0 Å². The van der Waals surface area contributed by atoms with Gasteiger partial charge in [0.05, 0.1) is 11.7 Å². The Labute approximate surface area is 89.7 Å². The van der Waals surface area contributed by atoms with Crippen LogP contribution < -0.4 is 5.32 Å². The Kier molecular flexibility index (Phi) is 1.64. The zero-order chi connectivity index (χ0) is 10.5. The van der Waals surface area contributed by atoms with Gasteiger partial charge in [0.2, 0.25) is 11.0 Å². The highest BCUT2D eigenvalue weighted by molar-refractivity contribution is 8.16. The van der Waals surface area contributed by atoms with Crippen LogP contribution in [0.25, 0.3) is 0 Å². The van der Waals surface area contributed by atoms with Crippen LogP contribution >= 0.6 is 11.8 Å². The van der Waals surface area contributed by atoms with E-state index in [1.54, 1.807) is 12.3 Å². The number of hydrogen-bond donors (Lipinski definition) is 1. The summed E-state index contributed by atoms with van der Waals surface area (Å²) in [5, 5.41) is 2.64. The Balaban J connectivity index is 1.97. The number of hydrogen-bond acceptors (Lipinski definition) is 5. The van der Waals surface area contributed by atoms with Gasteiger partial charge >= 0.3 is 0 Å². The van der Waals surface area contributed by atoms with Crippen molar-refractivity contribution in [2.24, 2.45) is 5.41 Å². The smallest absolute Gasteiger partial charge is 0.238 e. The van der Waals surface area contributed by atoms with Crippen LogP contribution in [0.4, 0.5) is 0 Å². The molecule has 0 aliphatic carbocycles. The molecule has 0 bridgehead atoms. The number of rotatable bonds is 1. The van der Waals surface area contributed by atoms with E-state index in [0.717, 1.165) is 0 Å². The van der Waals surface area contributed by atoms with E-state index in [2.05, 4.69) is 21.6 Å². The zero-order valence-corrected chi connectivity index (χ0v) is 8.37. The lowest BCUT2D eigenvalue weighted by Crippen LogP contribution is -2.69. The number of thioether (sulfide) groups is 1. The third-order valence-electron chi connectivity index (χ3n) is 2.82. The average Bonchev–Trinajstić information content (AvgIpc) is 2.25. The van der Waals surface area contributed by atoms with Crippen LogP contribution in [0.15, 0.2) is 12.3 Å². The topological polar surface area (TPSA) is 72.0 Å². The molecule has 2 unspecified atom stereocenters. The van der Waals surface area contributed by atoms with Crippen molar-refractivity contribution in [1.82, 2.24) is 15.3 Å². The summed E-state index contributed by atoms with van der Waals surface area (Å²) in [7, 11) is 0. The van der Waals surface area contributed by atoms with Gasteiger partial charge < -0.3 is 5.32 Å². The van der Waals surface area contributed by atoms with Gasteiger partial charge in [0.15, 0.2) is 11.7 Å². The van der Waals surface area contributed by atoms with Crippen LogP contribution in [0.1, 0.15) is 11.7 Å². The van der Waals surface area contributed by atoms with Gasteiger partial charge in [0.25, 0.3) is 0 Å². The van der Waals surface area contributed by atoms with Crippen LogP contribution in [-0.4, -0.2) is 26.7 Å². The highest BCUT2D eigenvalue weighted by Gasteiger charge is 2.66. The molecule has 3 heterocycles. The quantitative estimate of drug-likeness (QED) is 0.520. The predicted octanol–water partition coefficient (Wildman–Crippen LogP) is -0.293. The van der Waals surface area contributed by atoms with Crippen LogP contribution in [0.5, 0.6) is 0 Å². The first-order chi connectivity index (χ1) is 7.25. The second-order valence-corrected chi connectivity index (χ2v) is 4.48. The van der Waals surface area contributed by atoms with E-state index in [1.807, 2.05) is 0 Å². The van der Waals surface area contributed by atoms with E-state index in [0.29, 0.717) is 11.4 Å². The fourth-order valence-electron chi connectivity index (χ4n) is 1.84. The second kappa shape index (κ2) is 2.79. The minimum atomic E-state index is -0.854. The molecule has 5 nitrogen and oxygen atoms in total. The van der Waals surface area contributed by atoms with Crippen molar-refractivity contribution in [3.63, 3.8) is 0 Å². The molecule has 0 saturated carbocycles. The summed E-state index contributed by atoms with van der Waals surface area (Å²) >= 11 is 1.19. The molecule has 2 atom stereocenters. The van der Waals surface area contributed by atoms with E-state index in [4.69, 9.17) is 0 Å². The summed E-state index contributed by atoms with van der Waals surface area (Å²) in [5.74, 6) is 0.363. The number of carbonyl (C=O) groups is 2. The number of carbonyl (C=O) groups excluding carboxylic acids is 2. The molecule has 75 valence electrons. The van der Waals surface area contributed by atoms with Gasteiger partial charge in [-0.1, -0.05) is 11.8 Å². The summed E-state index contributed by atoms with van der Waals surface area (Å²) in [6, 6.07) is 1.40. The maximum Gasteiger partial charge on any atom is 0.238 e. The molecule has 3 rings (SSSR count). The third-order valence-corrected chi connectivity index (χ3v) is 4.05. The molecule has 1 aromatic heterocycles. The minimum Gasteiger partial charge on any atom is -0.345 e. The fourth-order valence-corrected chi connectivity index (χ4v) is 2.92. The van der Waals surface area contributed by atoms with Gasteiger partial charge in [-0.25, -0.2) is 9.97 Å². The number of β-lactam (4-membered cyclic amide) rings is 1. The third kappa shape index (κ3) is 0.944. The van der Waals surface area contributed by atoms with Gasteiger partial charge in [-0.3, -0.25) is 9.59 Å². The summed E-state index contributed by atoms with van der Waals surface area (Å²) in [4.78, 5) is 30.5. The molecular formula is C9H6N3O2S. The van der Waals surface area contributed by atoms with Gasteiger partial charge in [-0.05, 0) is 6.07 Å². The van der Waals surface area contributed by atoms with Crippen LogP contribution in [0, 0.1) is 11.7 Å². The lowest BCUT2D eigenvalue weighted by molar-refractivity contribution is -0.151. The van der Waals surface area contributed by atoms with E-state index in [9.17, 15) is 9.59 Å². The molecule has 2 fully saturated rings. The molecule has 1 N–H and O–H groups in total. The molecule has 1 aromatic rings. The number of nitrogens with one attached hydrogen (secondary N) is 1. The molecule has 2 saturated heterocycles. The average molecular weight is 220 g/mol. The molecular weight excluding hydrogens is 214 g/mol. The first-order valence-corrected chi connectivity index (χ1v) is 5.41. The molecule has 2 aliphatic heterocycles. The van der Waals surface area contributed by atoms with Crippen molar-refractivity contribution in [1.29, 1.82) is 0 Å². The van der Waals surface area contributed by atoms with Crippen molar-refractivity contribution in [3.05, 3.63) is 24.3 Å². The van der Waals surface area contributed by atoms with E-state index in [1.165, 1.54) is 11.8 Å². The largest absolute Gasteiger partial charge is 0.345 e. The second-order valence-electron chi connectivity index (χ2n) is 3.54. The molecule has 2 aliphatic rings. The Hall–Kier alpha value is -1.43. The molecule has 1 spiro atoms. The zero-order valence-electron chi connectivity index (χ0n) is 7.56. The standard InChI is InChI=1S/C9H6N3O2S/c13-7-9(3-15-8(9)14)6(12-7)5-1-2-10-4-11-5/h1-2,6H,3H2,(H,12,13). The van der Waals surface area contributed by atoms with Crippen molar-refractivity contribution < 1.29 is 9.59 Å². The van der Waals surface area contributed by atoms with Crippen molar-refractivity contribution >= 4 is 22.8 Å². The van der Waals surface area contributed by atoms with E-state index < -0.39 is 5.41 Å². The van der Waals surface area contributed by atoms with Gasteiger partial charge in [0.1, 0.15) is 0 Å². The first kappa shape index (κ1) is 8.84. The number of nitrogens with zero attached hydrogens (tertiary/aromatic N) is 2. The predicted molar refractivity (Wildman–Crippen MR) is 51.6 cm³/mol. The highest BCUT2D eigenvalue weighted by Crippen LogP contribution is 2.53. The molecule has 1 amide bonds. The lowest BCUT2D eigenvalue weighted by Gasteiger charge is -2.51. The van der Waals surface area contributed by atoms with Gasteiger partial charge in [-0.2, -0.15) is 0 Å². The van der Waals surface area contributed by atoms with Gasteiger partial charge in [0, 0.05) is 11.9 Å². The van der Waals surface area contributed by atoms with Crippen molar-refractivity contribution in [2.75, 3.05) is 5.75 Å².